The van der Waals surface area contributed by atoms with E-state index in [1.165, 1.54) is 0 Å². The van der Waals surface area contributed by atoms with E-state index in [-0.39, 0.29) is 0 Å². The van der Waals surface area contributed by atoms with Crippen LogP contribution in [0.2, 0.25) is 0 Å². The summed E-state index contributed by atoms with van der Waals surface area (Å²) in [5.41, 5.74) is 1.42. The molecule has 1 fully saturated rings. The van der Waals surface area contributed by atoms with E-state index in [1.807, 2.05) is 6.92 Å². The van der Waals surface area contributed by atoms with Crippen molar-refractivity contribution in [2.45, 2.75) is 26.7 Å². The Morgan fingerprint density at radius 3 is 3.00 bits per heavy atom. The summed E-state index contributed by atoms with van der Waals surface area (Å²) in [6.45, 7) is 6.86. The first kappa shape index (κ1) is 16.2. The van der Waals surface area contributed by atoms with Crippen molar-refractivity contribution < 1.29 is 8.42 Å². The van der Waals surface area contributed by atoms with Gasteiger partial charge in [0.2, 0.25) is 0 Å². The van der Waals surface area contributed by atoms with Crippen LogP contribution in [-0.2, 0) is 10.2 Å². The van der Waals surface area contributed by atoms with Gasteiger partial charge < -0.3 is 5.32 Å². The lowest BCUT2D eigenvalue weighted by Crippen LogP contribution is -2.45. The minimum absolute atomic E-state index is 0.380. The molecule has 6 nitrogen and oxygen atoms in total. The maximum atomic E-state index is 12.5. The Labute approximate surface area is 127 Å². The lowest BCUT2D eigenvalue weighted by Gasteiger charge is -2.32. The smallest absolute Gasteiger partial charge is 0.301 e. The summed E-state index contributed by atoms with van der Waals surface area (Å²) in [7, 11) is -3.50. The number of nitrogens with zero attached hydrogens (tertiary/aromatic N) is 2. The molecule has 21 heavy (non-hydrogen) atoms. The molecule has 1 aliphatic heterocycles. The monoisotopic (exact) mass is 312 g/mol. The Morgan fingerprint density at radius 1 is 1.48 bits per heavy atom. The number of pyridine rings is 1. The molecule has 0 radical (unpaired) electrons. The summed E-state index contributed by atoms with van der Waals surface area (Å²) in [5, 5.41) is 3.30. The highest BCUT2D eigenvalue weighted by Crippen LogP contribution is 2.21. The van der Waals surface area contributed by atoms with Gasteiger partial charge in [0.05, 0.1) is 11.9 Å². The average molecular weight is 312 g/mol. The van der Waals surface area contributed by atoms with Gasteiger partial charge in [-0.3, -0.25) is 9.71 Å². The fraction of sp³-hybridized carbons (Fsp3) is 0.643. The van der Waals surface area contributed by atoms with E-state index < -0.39 is 10.2 Å². The Bertz CT molecular complexity index is 562. The number of anilines is 1. The summed E-state index contributed by atoms with van der Waals surface area (Å²) in [5.74, 6) is 0.380. The third-order valence-corrected chi connectivity index (χ3v) is 5.27. The molecule has 1 unspecified atom stereocenters. The largest absolute Gasteiger partial charge is 0.317 e. The first-order chi connectivity index (χ1) is 10.0. The highest BCUT2D eigenvalue weighted by atomic mass is 32.2. The zero-order valence-electron chi connectivity index (χ0n) is 12.7. The van der Waals surface area contributed by atoms with Crippen LogP contribution in [0.25, 0.3) is 0 Å². The Morgan fingerprint density at radius 2 is 2.29 bits per heavy atom. The lowest BCUT2D eigenvalue weighted by molar-refractivity contribution is 0.262. The molecule has 1 aromatic rings. The van der Waals surface area contributed by atoms with Gasteiger partial charge >= 0.3 is 10.2 Å². The van der Waals surface area contributed by atoms with Gasteiger partial charge in [0.25, 0.3) is 0 Å². The van der Waals surface area contributed by atoms with Crippen molar-refractivity contribution >= 4 is 15.9 Å². The van der Waals surface area contributed by atoms with Crippen molar-refractivity contribution in [3.05, 3.63) is 24.0 Å². The van der Waals surface area contributed by atoms with Gasteiger partial charge in [0, 0.05) is 19.3 Å². The third-order valence-electron chi connectivity index (χ3n) is 3.78. The van der Waals surface area contributed by atoms with E-state index in [1.54, 1.807) is 22.8 Å². The van der Waals surface area contributed by atoms with Crippen LogP contribution in [0.1, 0.15) is 25.3 Å². The SMILES string of the molecule is CCNCC1CCCN(S(=O)(=O)Nc2cnccc2C)C1. The lowest BCUT2D eigenvalue weighted by atomic mass is 10.00. The molecule has 0 bridgehead atoms. The third kappa shape index (κ3) is 4.39. The van der Waals surface area contributed by atoms with Gasteiger partial charge in [-0.2, -0.15) is 12.7 Å². The zero-order chi connectivity index (χ0) is 15.3. The second kappa shape index (κ2) is 7.20. The summed E-state index contributed by atoms with van der Waals surface area (Å²) >= 11 is 0. The van der Waals surface area contributed by atoms with Crippen molar-refractivity contribution in [2.75, 3.05) is 30.9 Å². The number of piperidine rings is 1. The Kier molecular flexibility index (Phi) is 5.55. The van der Waals surface area contributed by atoms with E-state index >= 15 is 0 Å². The maximum Gasteiger partial charge on any atom is 0.301 e. The molecule has 0 saturated carbocycles. The second-order valence-corrected chi connectivity index (χ2v) is 7.14. The molecule has 0 amide bonds. The molecule has 1 aromatic heterocycles. The summed E-state index contributed by atoms with van der Waals surface area (Å²) in [4.78, 5) is 3.97. The van der Waals surface area contributed by atoms with Crippen LogP contribution >= 0.6 is 0 Å². The van der Waals surface area contributed by atoms with E-state index in [2.05, 4.69) is 21.9 Å². The number of hydrogen-bond acceptors (Lipinski definition) is 4. The second-order valence-electron chi connectivity index (χ2n) is 5.47. The fourth-order valence-corrected chi connectivity index (χ4v) is 3.93. The molecule has 7 heteroatoms. The molecule has 2 rings (SSSR count). The summed E-state index contributed by atoms with van der Waals surface area (Å²) in [6.07, 6.45) is 5.18. The van der Waals surface area contributed by atoms with Crippen LogP contribution in [0.5, 0.6) is 0 Å². The zero-order valence-corrected chi connectivity index (χ0v) is 13.5. The highest BCUT2D eigenvalue weighted by Gasteiger charge is 2.28. The number of aromatic nitrogens is 1. The molecular weight excluding hydrogens is 288 g/mol. The fourth-order valence-electron chi connectivity index (χ4n) is 2.53. The van der Waals surface area contributed by atoms with Crippen molar-refractivity contribution in [1.82, 2.24) is 14.6 Å². The summed E-state index contributed by atoms with van der Waals surface area (Å²) in [6, 6.07) is 1.79. The van der Waals surface area contributed by atoms with Crippen molar-refractivity contribution in [2.24, 2.45) is 5.92 Å². The van der Waals surface area contributed by atoms with Crippen molar-refractivity contribution in [3.8, 4) is 0 Å². The van der Waals surface area contributed by atoms with Crippen LogP contribution in [-0.4, -0.2) is 43.9 Å². The number of hydrogen-bond donors (Lipinski definition) is 2. The molecule has 2 heterocycles. The van der Waals surface area contributed by atoms with E-state index in [0.717, 1.165) is 31.5 Å². The van der Waals surface area contributed by atoms with Crippen LogP contribution < -0.4 is 10.0 Å². The molecule has 0 aromatic carbocycles. The van der Waals surface area contributed by atoms with Gasteiger partial charge in [0.15, 0.2) is 0 Å². The van der Waals surface area contributed by atoms with E-state index in [9.17, 15) is 8.42 Å². The van der Waals surface area contributed by atoms with Gasteiger partial charge in [-0.15, -0.1) is 0 Å². The van der Waals surface area contributed by atoms with Gasteiger partial charge in [0.1, 0.15) is 0 Å². The first-order valence-electron chi connectivity index (χ1n) is 7.42. The molecule has 1 saturated heterocycles. The van der Waals surface area contributed by atoms with E-state index in [4.69, 9.17) is 0 Å². The van der Waals surface area contributed by atoms with Crippen molar-refractivity contribution in [3.63, 3.8) is 0 Å². The molecule has 1 aliphatic rings. The number of aryl methyl sites for hydroxylation is 1. The molecule has 0 spiro atoms. The minimum Gasteiger partial charge on any atom is -0.317 e. The molecule has 2 N–H and O–H groups in total. The molecule has 118 valence electrons. The topological polar surface area (TPSA) is 74.3 Å². The standard InChI is InChI=1S/C14H24N4O2S/c1-3-15-9-13-5-4-8-18(11-13)21(19,20)17-14-10-16-7-6-12(14)2/h6-7,10,13,15,17H,3-5,8-9,11H2,1-2H3. The van der Waals surface area contributed by atoms with Crippen LogP contribution in [0.4, 0.5) is 5.69 Å². The quantitative estimate of drug-likeness (QED) is 0.832. The Hall–Kier alpha value is -1.18. The van der Waals surface area contributed by atoms with Crippen LogP contribution in [0, 0.1) is 12.8 Å². The van der Waals surface area contributed by atoms with Gasteiger partial charge in [-0.1, -0.05) is 6.92 Å². The van der Waals surface area contributed by atoms with Crippen molar-refractivity contribution in [1.29, 1.82) is 0 Å². The van der Waals surface area contributed by atoms with E-state index in [0.29, 0.717) is 24.7 Å². The average Bonchev–Trinajstić information content (AvgIpc) is 2.48. The Balaban J connectivity index is 2.03. The van der Waals surface area contributed by atoms with Gasteiger partial charge in [-0.25, -0.2) is 0 Å². The van der Waals surface area contributed by atoms with Crippen LogP contribution in [0.3, 0.4) is 0 Å². The first-order valence-corrected chi connectivity index (χ1v) is 8.86. The normalized spacial score (nSPS) is 20.4. The molecule has 1 atom stereocenters. The number of rotatable bonds is 6. The maximum absolute atomic E-state index is 12.5. The molecular formula is C14H24N4O2S. The minimum atomic E-state index is -3.50. The predicted octanol–water partition coefficient (Wildman–Crippen LogP) is 1.37. The number of nitrogens with one attached hydrogen (secondary N) is 2. The predicted molar refractivity (Wildman–Crippen MR) is 84.4 cm³/mol. The van der Waals surface area contributed by atoms with Crippen LogP contribution in [0.15, 0.2) is 18.5 Å². The van der Waals surface area contributed by atoms with Gasteiger partial charge in [-0.05, 0) is 50.4 Å². The highest BCUT2D eigenvalue weighted by molar-refractivity contribution is 7.90. The summed E-state index contributed by atoms with van der Waals surface area (Å²) < 4.78 is 29.2. The molecule has 0 aliphatic carbocycles.